The van der Waals surface area contributed by atoms with E-state index in [1.165, 1.54) is 0 Å². The molecule has 0 radical (unpaired) electrons. The van der Waals surface area contributed by atoms with Gasteiger partial charge >= 0.3 is 45.6 Å². The predicted molar refractivity (Wildman–Crippen MR) is 40.3 cm³/mol. The SMILES string of the molecule is O.O.O.O.O.O=P(O)(O)O.[Ca+2].[H-].[H-]. The molecule has 11 heteroatoms. The van der Waals surface area contributed by atoms with Crippen molar-refractivity contribution in [2.45, 2.75) is 0 Å². The molecule has 0 saturated carbocycles. The quantitative estimate of drug-likeness (QED) is 0.273. The fourth-order valence-corrected chi connectivity index (χ4v) is 0. The maximum atomic E-state index is 8.88. The third-order valence-corrected chi connectivity index (χ3v) is 0. The van der Waals surface area contributed by atoms with Gasteiger partial charge in [-0.05, 0) is 0 Å². The third-order valence-electron chi connectivity index (χ3n) is 0. The zero-order chi connectivity index (χ0) is 4.50. The average Bonchev–Trinajstić information content (AvgIpc) is 0.722. The minimum absolute atomic E-state index is 0. The Morgan fingerprint density at radius 1 is 0.818 bits per heavy atom. The summed E-state index contributed by atoms with van der Waals surface area (Å²) in [6.07, 6.45) is 0. The van der Waals surface area contributed by atoms with Crippen LogP contribution in [0.15, 0.2) is 0 Å². The minimum Gasteiger partial charge on any atom is -1.00 e. The van der Waals surface area contributed by atoms with Crippen LogP contribution >= 0.6 is 7.82 Å². The molecule has 0 spiro atoms. The van der Waals surface area contributed by atoms with Crippen LogP contribution in [0.25, 0.3) is 0 Å². The van der Waals surface area contributed by atoms with Gasteiger partial charge in [0.15, 0.2) is 0 Å². The summed E-state index contributed by atoms with van der Waals surface area (Å²) < 4.78 is 8.88. The van der Waals surface area contributed by atoms with Crippen LogP contribution in [0.1, 0.15) is 2.85 Å². The van der Waals surface area contributed by atoms with Crippen molar-refractivity contribution >= 4 is 45.6 Å². The second-order valence-electron chi connectivity index (χ2n) is 0.513. The monoisotopic (exact) mass is 230 g/mol. The molecular formula is H15CaO9P. The minimum atomic E-state index is -4.64. The molecule has 0 saturated heterocycles. The summed E-state index contributed by atoms with van der Waals surface area (Å²) in [7, 11) is -4.64. The van der Waals surface area contributed by atoms with Crippen molar-refractivity contribution in [2.24, 2.45) is 0 Å². The Labute approximate surface area is 94.8 Å². The zero-order valence-electron chi connectivity index (χ0n) is 7.40. The molecule has 0 heterocycles. The molecule has 0 aromatic heterocycles. The third kappa shape index (κ3) is 686. The fraction of sp³-hybridized carbons (Fsp3) is 0. The van der Waals surface area contributed by atoms with Crippen LogP contribution in [0.3, 0.4) is 0 Å². The summed E-state index contributed by atoms with van der Waals surface area (Å²) in [5.41, 5.74) is 0. The van der Waals surface area contributed by atoms with E-state index in [1.807, 2.05) is 0 Å². The van der Waals surface area contributed by atoms with Gasteiger partial charge in [0.1, 0.15) is 0 Å². The molecule has 0 fully saturated rings. The van der Waals surface area contributed by atoms with Gasteiger partial charge in [-0.2, -0.15) is 0 Å². The van der Waals surface area contributed by atoms with Gasteiger partial charge in [-0.25, -0.2) is 4.57 Å². The molecule has 0 bridgehead atoms. The van der Waals surface area contributed by atoms with Crippen LogP contribution in [0.4, 0.5) is 0 Å². The van der Waals surface area contributed by atoms with E-state index in [1.54, 1.807) is 0 Å². The van der Waals surface area contributed by atoms with Crippen LogP contribution in [-0.2, 0) is 4.57 Å². The van der Waals surface area contributed by atoms with Crippen molar-refractivity contribution in [3.63, 3.8) is 0 Å². The molecule has 11 heavy (non-hydrogen) atoms. The number of phosphoric acid groups is 1. The fourth-order valence-electron chi connectivity index (χ4n) is 0. The smallest absolute Gasteiger partial charge is 1.00 e. The van der Waals surface area contributed by atoms with E-state index in [2.05, 4.69) is 0 Å². The molecule has 0 rings (SSSR count). The molecule has 0 atom stereocenters. The van der Waals surface area contributed by atoms with Crippen molar-refractivity contribution < 1.29 is 49.5 Å². The first-order valence-corrected chi connectivity index (χ1v) is 2.35. The summed E-state index contributed by atoms with van der Waals surface area (Å²) in [6, 6.07) is 0. The first-order valence-electron chi connectivity index (χ1n) is 0.783. The van der Waals surface area contributed by atoms with E-state index in [4.69, 9.17) is 19.2 Å². The summed E-state index contributed by atoms with van der Waals surface area (Å²) >= 11 is 0. The van der Waals surface area contributed by atoms with Crippen LogP contribution in [-0.4, -0.2) is 79.8 Å². The van der Waals surface area contributed by atoms with Gasteiger partial charge in [-0.15, -0.1) is 0 Å². The maximum absolute atomic E-state index is 8.88. The van der Waals surface area contributed by atoms with Crippen molar-refractivity contribution in [2.75, 3.05) is 0 Å². The Hall–Kier alpha value is 1.17. The van der Waals surface area contributed by atoms with Gasteiger partial charge in [0.2, 0.25) is 0 Å². The van der Waals surface area contributed by atoms with Crippen molar-refractivity contribution in [1.29, 1.82) is 0 Å². The Bertz CT molecular complexity index is 63.8. The molecule has 0 aliphatic heterocycles. The van der Waals surface area contributed by atoms with Crippen LogP contribution in [0.2, 0.25) is 0 Å². The molecule has 0 aromatic carbocycles. The van der Waals surface area contributed by atoms with Crippen LogP contribution in [0.5, 0.6) is 0 Å². The predicted octanol–water partition coefficient (Wildman–Crippen LogP) is -5.21. The Morgan fingerprint density at radius 3 is 0.818 bits per heavy atom. The normalized spacial score (nSPS) is 5.36. The molecule has 9 nitrogen and oxygen atoms in total. The summed E-state index contributed by atoms with van der Waals surface area (Å²) in [4.78, 5) is 21.6. The Balaban J connectivity index is -0.00000000286. The molecule has 0 amide bonds. The van der Waals surface area contributed by atoms with Gasteiger partial charge < -0.3 is 44.9 Å². The molecule has 13 N–H and O–H groups in total. The molecular weight excluding hydrogens is 215 g/mol. The largest absolute Gasteiger partial charge is 2.00 e. The van der Waals surface area contributed by atoms with Crippen molar-refractivity contribution in [1.82, 2.24) is 0 Å². The second-order valence-corrected chi connectivity index (χ2v) is 1.54. The number of rotatable bonds is 0. The van der Waals surface area contributed by atoms with Crippen LogP contribution in [0, 0.1) is 0 Å². The van der Waals surface area contributed by atoms with E-state index in [9.17, 15) is 0 Å². The van der Waals surface area contributed by atoms with Gasteiger partial charge in [0.25, 0.3) is 0 Å². The Morgan fingerprint density at radius 2 is 0.818 bits per heavy atom. The molecule has 0 aliphatic rings. The van der Waals surface area contributed by atoms with Gasteiger partial charge in [0, 0.05) is 0 Å². The first-order chi connectivity index (χ1) is 2.00. The molecule has 76 valence electrons. The molecule has 0 unspecified atom stereocenters. The number of hydrogen-bond donors (Lipinski definition) is 3. The summed E-state index contributed by atoms with van der Waals surface area (Å²) in [5.74, 6) is 0. The number of hydrogen-bond acceptors (Lipinski definition) is 1. The van der Waals surface area contributed by atoms with Crippen molar-refractivity contribution in [3.05, 3.63) is 0 Å². The van der Waals surface area contributed by atoms with Gasteiger partial charge in [-0.1, -0.05) is 0 Å². The summed E-state index contributed by atoms with van der Waals surface area (Å²) in [6.45, 7) is 0. The maximum Gasteiger partial charge on any atom is 2.00 e. The van der Waals surface area contributed by atoms with Crippen molar-refractivity contribution in [3.8, 4) is 0 Å². The van der Waals surface area contributed by atoms with Crippen LogP contribution < -0.4 is 0 Å². The standard InChI is InChI=1S/Ca.H3O4P.5H2O.2H/c;1-5(2,3)4;;;;;;;/h;(H3,1,2,3,4);5*1H2;;/q+2;;;;;;;2*-1. The Kier molecular flexibility index (Phi) is 116. The van der Waals surface area contributed by atoms with E-state index < -0.39 is 7.82 Å². The summed E-state index contributed by atoms with van der Waals surface area (Å²) in [5, 5.41) is 0. The van der Waals surface area contributed by atoms with E-state index >= 15 is 0 Å². The van der Waals surface area contributed by atoms with E-state index in [0.717, 1.165) is 0 Å². The van der Waals surface area contributed by atoms with E-state index in [0.29, 0.717) is 0 Å². The topological polar surface area (TPSA) is 235 Å². The first kappa shape index (κ1) is 56.8. The van der Waals surface area contributed by atoms with Gasteiger partial charge in [0.05, 0.1) is 0 Å². The average molecular weight is 230 g/mol. The zero-order valence-corrected chi connectivity index (χ0v) is 8.51. The molecule has 0 aliphatic carbocycles. The van der Waals surface area contributed by atoms with E-state index in [-0.39, 0.29) is 68.0 Å². The second kappa shape index (κ2) is 22.5. The molecule has 0 aromatic rings. The van der Waals surface area contributed by atoms with Gasteiger partial charge in [-0.3, -0.25) is 0 Å².